The maximum Gasteiger partial charge on any atom is 0.322 e. The van der Waals surface area contributed by atoms with E-state index in [-0.39, 0.29) is 5.97 Å². The number of nitrogens with one attached hydrogen (secondary N) is 1. The van der Waals surface area contributed by atoms with Crippen molar-refractivity contribution in [3.63, 3.8) is 0 Å². The molecule has 2 rings (SSSR count). The summed E-state index contributed by atoms with van der Waals surface area (Å²) >= 11 is 1.57. The summed E-state index contributed by atoms with van der Waals surface area (Å²) in [4.78, 5) is 13.6. The first-order valence-electron chi connectivity index (χ1n) is 11.9. The van der Waals surface area contributed by atoms with Crippen LogP contribution in [0.4, 0.5) is 0 Å². The highest BCUT2D eigenvalue weighted by atomic mass is 32.2. The Bertz CT molecular complexity index is 642. The molecule has 0 aromatic heterocycles. The molecule has 1 atom stereocenters. The molecule has 1 saturated carbocycles. The van der Waals surface area contributed by atoms with E-state index in [2.05, 4.69) is 36.5 Å². The molecule has 1 fully saturated rings. The molecule has 1 aromatic rings. The van der Waals surface area contributed by atoms with Crippen LogP contribution in [0.1, 0.15) is 92.1 Å². The molecule has 0 spiro atoms. The van der Waals surface area contributed by atoms with Gasteiger partial charge in [-0.3, -0.25) is 4.79 Å². The Labute approximate surface area is 189 Å². The number of carbonyl (C=O) groups is 1. The van der Waals surface area contributed by atoms with E-state index in [4.69, 9.17) is 4.74 Å². The van der Waals surface area contributed by atoms with Gasteiger partial charge < -0.3 is 10.1 Å². The van der Waals surface area contributed by atoms with Crippen molar-refractivity contribution in [2.24, 2.45) is 5.92 Å². The minimum absolute atomic E-state index is 0.169. The van der Waals surface area contributed by atoms with Gasteiger partial charge in [0.2, 0.25) is 0 Å². The van der Waals surface area contributed by atoms with Crippen LogP contribution in [0.3, 0.4) is 0 Å². The SMILES string of the molecule is CCCC(NCCc1ccc(SC(C)(C)C(=O)OC(C)(C)C)cc1)C1CCCCC1. The molecule has 1 aliphatic carbocycles. The lowest BCUT2D eigenvalue weighted by Crippen LogP contribution is -2.38. The molecule has 1 unspecified atom stereocenters. The van der Waals surface area contributed by atoms with E-state index in [9.17, 15) is 4.79 Å². The predicted molar refractivity (Wildman–Crippen MR) is 129 cm³/mol. The zero-order valence-electron chi connectivity index (χ0n) is 20.1. The third-order valence-corrected chi connectivity index (χ3v) is 7.01. The molecule has 30 heavy (non-hydrogen) atoms. The maximum absolute atomic E-state index is 12.5. The first-order valence-corrected chi connectivity index (χ1v) is 12.7. The van der Waals surface area contributed by atoms with Crippen molar-refractivity contribution >= 4 is 17.7 Å². The van der Waals surface area contributed by atoms with Crippen LogP contribution in [0.25, 0.3) is 0 Å². The second kappa shape index (κ2) is 11.6. The van der Waals surface area contributed by atoms with Gasteiger partial charge >= 0.3 is 5.97 Å². The Morgan fingerprint density at radius 1 is 1.10 bits per heavy atom. The number of carbonyl (C=O) groups excluding carboxylic acids is 1. The van der Waals surface area contributed by atoms with Crippen LogP contribution >= 0.6 is 11.8 Å². The molecule has 4 heteroatoms. The zero-order chi connectivity index (χ0) is 22.2. The summed E-state index contributed by atoms with van der Waals surface area (Å²) in [6, 6.07) is 9.35. The summed E-state index contributed by atoms with van der Waals surface area (Å²) in [7, 11) is 0. The van der Waals surface area contributed by atoms with Crippen molar-refractivity contribution < 1.29 is 9.53 Å². The van der Waals surface area contributed by atoms with Gasteiger partial charge in [-0.1, -0.05) is 44.7 Å². The number of esters is 1. The average Bonchev–Trinajstić information content (AvgIpc) is 2.68. The number of benzene rings is 1. The Morgan fingerprint density at radius 3 is 2.30 bits per heavy atom. The summed E-state index contributed by atoms with van der Waals surface area (Å²) in [5.74, 6) is 0.700. The van der Waals surface area contributed by atoms with Gasteiger partial charge in [-0.25, -0.2) is 0 Å². The maximum atomic E-state index is 12.5. The number of ether oxygens (including phenoxy) is 1. The summed E-state index contributed by atoms with van der Waals surface area (Å²) in [6.07, 6.45) is 10.6. The number of rotatable bonds is 10. The molecule has 170 valence electrons. The van der Waals surface area contributed by atoms with E-state index in [0.29, 0.717) is 6.04 Å². The summed E-state index contributed by atoms with van der Waals surface area (Å²) in [5, 5.41) is 3.86. The third kappa shape index (κ3) is 8.63. The fourth-order valence-corrected chi connectivity index (χ4v) is 5.20. The third-order valence-electron chi connectivity index (χ3n) is 5.83. The topological polar surface area (TPSA) is 38.3 Å². The Balaban J connectivity index is 1.84. The lowest BCUT2D eigenvalue weighted by Gasteiger charge is -2.31. The van der Waals surface area contributed by atoms with Gasteiger partial charge in [-0.2, -0.15) is 0 Å². The molecule has 1 N–H and O–H groups in total. The Morgan fingerprint density at radius 2 is 1.73 bits per heavy atom. The van der Waals surface area contributed by atoms with Crippen LogP contribution in [-0.2, 0) is 16.0 Å². The van der Waals surface area contributed by atoms with Gasteiger partial charge in [-0.15, -0.1) is 11.8 Å². The average molecular weight is 434 g/mol. The smallest absolute Gasteiger partial charge is 0.322 e. The lowest BCUT2D eigenvalue weighted by atomic mass is 9.82. The van der Waals surface area contributed by atoms with Crippen molar-refractivity contribution in [2.45, 2.75) is 114 Å². The van der Waals surface area contributed by atoms with Crippen molar-refractivity contribution in [3.8, 4) is 0 Å². The second-order valence-electron chi connectivity index (χ2n) is 10.3. The van der Waals surface area contributed by atoms with E-state index in [1.54, 1.807) is 11.8 Å². The fraction of sp³-hybridized carbons (Fsp3) is 0.731. The van der Waals surface area contributed by atoms with Gasteiger partial charge in [-0.05, 0) is 90.5 Å². The molecule has 0 aliphatic heterocycles. The molecular weight excluding hydrogens is 390 g/mol. The highest BCUT2D eigenvalue weighted by molar-refractivity contribution is 8.01. The second-order valence-corrected chi connectivity index (χ2v) is 12.0. The number of hydrogen-bond donors (Lipinski definition) is 1. The van der Waals surface area contributed by atoms with E-state index in [1.165, 1.54) is 50.5 Å². The molecule has 0 radical (unpaired) electrons. The normalized spacial score (nSPS) is 17.0. The molecule has 1 aliphatic rings. The quantitative estimate of drug-likeness (QED) is 0.326. The van der Waals surface area contributed by atoms with Crippen LogP contribution in [0.15, 0.2) is 29.2 Å². The van der Waals surface area contributed by atoms with E-state index in [1.807, 2.05) is 34.6 Å². The van der Waals surface area contributed by atoms with Crippen LogP contribution in [0, 0.1) is 5.92 Å². The monoisotopic (exact) mass is 433 g/mol. The van der Waals surface area contributed by atoms with Crippen LogP contribution < -0.4 is 5.32 Å². The highest BCUT2D eigenvalue weighted by Crippen LogP contribution is 2.34. The van der Waals surface area contributed by atoms with Gasteiger partial charge in [0.05, 0.1) is 0 Å². The van der Waals surface area contributed by atoms with Crippen molar-refractivity contribution in [2.75, 3.05) is 6.54 Å². The summed E-state index contributed by atoms with van der Waals surface area (Å²) in [6.45, 7) is 12.9. The first kappa shape index (κ1) is 25.3. The van der Waals surface area contributed by atoms with Crippen LogP contribution in [-0.4, -0.2) is 28.9 Å². The molecule has 0 heterocycles. The summed E-state index contributed by atoms with van der Waals surface area (Å²) < 4.78 is 4.97. The predicted octanol–water partition coefficient (Wildman–Crippen LogP) is 6.78. The molecule has 1 aromatic carbocycles. The van der Waals surface area contributed by atoms with Gasteiger partial charge in [0.25, 0.3) is 0 Å². The lowest BCUT2D eigenvalue weighted by molar-refractivity contribution is -0.156. The first-order chi connectivity index (χ1) is 14.1. The molecule has 0 bridgehead atoms. The van der Waals surface area contributed by atoms with Crippen molar-refractivity contribution in [1.29, 1.82) is 0 Å². The minimum atomic E-state index is -0.607. The fourth-order valence-electron chi connectivity index (χ4n) is 4.22. The molecule has 0 amide bonds. The molecule has 0 saturated heterocycles. The van der Waals surface area contributed by atoms with Gasteiger partial charge in [0, 0.05) is 10.9 Å². The standard InChI is InChI=1S/C26H43NO2S/c1-7-11-23(21-12-9-8-10-13-21)27-19-18-20-14-16-22(17-15-20)30-26(5,6)24(28)29-25(2,3)4/h14-17,21,23,27H,7-13,18-19H2,1-6H3. The van der Waals surface area contributed by atoms with Gasteiger partial charge in [0.1, 0.15) is 10.3 Å². The van der Waals surface area contributed by atoms with E-state index >= 15 is 0 Å². The Kier molecular flexibility index (Phi) is 9.74. The summed E-state index contributed by atoms with van der Waals surface area (Å²) in [5.41, 5.74) is 0.889. The number of hydrogen-bond acceptors (Lipinski definition) is 4. The number of thioether (sulfide) groups is 1. The highest BCUT2D eigenvalue weighted by Gasteiger charge is 2.33. The molecular formula is C26H43NO2S. The van der Waals surface area contributed by atoms with Crippen molar-refractivity contribution in [3.05, 3.63) is 29.8 Å². The van der Waals surface area contributed by atoms with Crippen molar-refractivity contribution in [1.82, 2.24) is 5.32 Å². The van der Waals surface area contributed by atoms with Crippen LogP contribution in [0.2, 0.25) is 0 Å². The molecule has 3 nitrogen and oxygen atoms in total. The largest absolute Gasteiger partial charge is 0.459 e. The van der Waals surface area contributed by atoms with E-state index < -0.39 is 10.3 Å². The zero-order valence-corrected chi connectivity index (χ0v) is 20.9. The van der Waals surface area contributed by atoms with E-state index in [0.717, 1.165) is 23.8 Å². The van der Waals surface area contributed by atoms with Gasteiger partial charge in [0.15, 0.2) is 0 Å². The Hall–Kier alpha value is -1.00. The van der Waals surface area contributed by atoms with Crippen LogP contribution in [0.5, 0.6) is 0 Å². The minimum Gasteiger partial charge on any atom is -0.459 e.